The fraction of sp³-hybridized carbons (Fsp3) is 0.532. The molecule has 4 saturated heterocycles. The molecule has 3 N–H and O–H groups in total. The minimum absolute atomic E-state index is 0.0186. The standard InChI is InChI=1S/C47H53N9O8/c1-61-46(59)53-41(24-7-11-63-12-8-24)44(57)55-37-18-29(37)20-39(55)34-17-28-15-26(3-5-31(28)50-34)35-22-48-33-16-27(4-6-32(33)51-35)36-23-49-43(52-36)40-21-30-19-38(30)56(40)45(58)42(54-47(60)62-2)25-9-13-64-14-10-25/h3-6,15-16,22-25,29-30,37-42H,7-14,17-21H2,1-2H3,(H,49,52)(H,53,59)(H,54,60)/t29-,30-,37-,38-,39+,40+,41+,42+/m1/s1. The number of nitrogens with one attached hydrogen (secondary N) is 3. The minimum Gasteiger partial charge on any atom is -0.453 e. The SMILES string of the molecule is COC(=O)N[C@H](C(=O)N1[C@@H]2C[C@@H]2C[C@H]1C1=Nc2ccc(-c3cnc4cc(-c5cnc([C@@H]6C[C@H]7C[C@H]7N6C(=O)[C@@H](NC(=O)OC)C6CCOCC6)[nH]5)ccc4n3)cc2C1)C1CCOCC1. The molecule has 5 aliphatic heterocycles. The van der Waals surface area contributed by atoms with Gasteiger partial charge in [-0.2, -0.15) is 0 Å². The topological polar surface area (TPSA) is 203 Å². The van der Waals surface area contributed by atoms with Gasteiger partial charge in [-0.05, 0) is 105 Å². The van der Waals surface area contributed by atoms with Crippen molar-refractivity contribution in [1.82, 2.24) is 40.4 Å². The summed E-state index contributed by atoms with van der Waals surface area (Å²) in [4.78, 5) is 80.6. The lowest BCUT2D eigenvalue weighted by Crippen LogP contribution is -2.56. The molecule has 7 heterocycles. The number of imidazole rings is 1. The number of amides is 4. The number of nitrogens with zero attached hydrogens (tertiary/aromatic N) is 6. The van der Waals surface area contributed by atoms with Crippen molar-refractivity contribution in [1.29, 1.82) is 0 Å². The van der Waals surface area contributed by atoms with Gasteiger partial charge in [0.2, 0.25) is 11.8 Å². The lowest BCUT2D eigenvalue weighted by Gasteiger charge is -2.36. The Morgan fingerprint density at radius 1 is 0.719 bits per heavy atom. The van der Waals surface area contributed by atoms with Gasteiger partial charge in [0.1, 0.15) is 17.9 Å². The van der Waals surface area contributed by atoms with Crippen molar-refractivity contribution in [2.24, 2.45) is 28.7 Å². The summed E-state index contributed by atoms with van der Waals surface area (Å²) < 4.78 is 21.0. The second-order valence-corrected chi connectivity index (χ2v) is 18.5. The van der Waals surface area contributed by atoms with E-state index < -0.39 is 24.3 Å². The van der Waals surface area contributed by atoms with Crippen LogP contribution < -0.4 is 10.6 Å². The molecule has 17 heteroatoms. The van der Waals surface area contributed by atoms with E-state index in [-0.39, 0.29) is 47.8 Å². The predicted molar refractivity (Wildman–Crippen MR) is 232 cm³/mol. The van der Waals surface area contributed by atoms with E-state index in [4.69, 9.17) is 38.9 Å². The lowest BCUT2D eigenvalue weighted by molar-refractivity contribution is -0.138. The highest BCUT2D eigenvalue weighted by Gasteiger charge is 2.58. The van der Waals surface area contributed by atoms with Crippen LogP contribution in [0.25, 0.3) is 33.5 Å². The number of aromatic amines is 1. The summed E-state index contributed by atoms with van der Waals surface area (Å²) in [5, 5.41) is 5.72. The minimum atomic E-state index is -0.690. The van der Waals surface area contributed by atoms with Crippen molar-refractivity contribution >= 4 is 46.4 Å². The monoisotopic (exact) mass is 871 g/mol. The van der Waals surface area contributed by atoms with Gasteiger partial charge in [0.05, 0.1) is 66.8 Å². The molecule has 2 aliphatic carbocycles. The second-order valence-electron chi connectivity index (χ2n) is 18.5. The highest BCUT2D eigenvalue weighted by Crippen LogP contribution is 2.54. The summed E-state index contributed by atoms with van der Waals surface area (Å²) in [6.07, 6.45) is 9.45. The number of likely N-dealkylation sites (tertiary alicyclic amines) is 2. The van der Waals surface area contributed by atoms with Crippen LogP contribution in [0.1, 0.15) is 68.8 Å². The first kappa shape index (κ1) is 40.8. The fourth-order valence-electron chi connectivity index (χ4n) is 11.2. The number of hydrogen-bond donors (Lipinski definition) is 3. The molecular formula is C47H53N9O8. The molecule has 0 spiro atoms. The zero-order valence-corrected chi connectivity index (χ0v) is 36.0. The first-order valence-corrected chi connectivity index (χ1v) is 22.8. The summed E-state index contributed by atoms with van der Waals surface area (Å²) in [5.41, 5.74) is 7.86. The number of carbonyl (C=O) groups is 4. The van der Waals surface area contributed by atoms with Gasteiger partial charge in [-0.3, -0.25) is 19.6 Å². The molecule has 2 aromatic carbocycles. The van der Waals surface area contributed by atoms with Gasteiger partial charge < -0.3 is 44.4 Å². The number of fused-ring (bicyclic) bond motifs is 4. The number of piperidine rings is 2. The Hall–Kier alpha value is -5.94. The number of H-pyrrole nitrogens is 1. The highest BCUT2D eigenvalue weighted by molar-refractivity contribution is 6.02. The molecule has 0 radical (unpaired) electrons. The molecule has 0 unspecified atom stereocenters. The number of benzene rings is 2. The average molecular weight is 872 g/mol. The van der Waals surface area contributed by atoms with Crippen LogP contribution in [0, 0.1) is 23.7 Å². The zero-order valence-electron chi connectivity index (χ0n) is 36.0. The first-order valence-electron chi connectivity index (χ1n) is 22.8. The molecule has 11 rings (SSSR count). The molecular weight excluding hydrogens is 819 g/mol. The number of aromatic nitrogens is 4. The van der Waals surface area contributed by atoms with Crippen molar-refractivity contribution in [3.8, 4) is 22.5 Å². The van der Waals surface area contributed by atoms with Crippen LogP contribution in [0.5, 0.6) is 0 Å². The Labute approximate surface area is 370 Å². The van der Waals surface area contributed by atoms with Gasteiger partial charge in [0, 0.05) is 61.8 Å². The summed E-state index contributed by atoms with van der Waals surface area (Å²) in [7, 11) is 2.64. The predicted octanol–water partition coefficient (Wildman–Crippen LogP) is 5.27. The molecule has 64 heavy (non-hydrogen) atoms. The summed E-state index contributed by atoms with van der Waals surface area (Å²) in [6.45, 7) is 2.25. The third kappa shape index (κ3) is 7.55. The van der Waals surface area contributed by atoms with Crippen LogP contribution in [0.2, 0.25) is 0 Å². The fourth-order valence-corrected chi connectivity index (χ4v) is 11.2. The number of carbonyl (C=O) groups excluding carboxylic acids is 4. The molecule has 6 fully saturated rings. The normalized spacial score (nSPS) is 26.9. The van der Waals surface area contributed by atoms with E-state index in [1.54, 1.807) is 6.20 Å². The summed E-state index contributed by atoms with van der Waals surface area (Å²) in [6, 6.07) is 10.7. The largest absolute Gasteiger partial charge is 0.453 e. The quantitative estimate of drug-likeness (QED) is 0.187. The zero-order chi connectivity index (χ0) is 43.6. The Bertz CT molecular complexity index is 2530. The highest BCUT2D eigenvalue weighted by atomic mass is 16.5. The molecule has 2 saturated carbocycles. The maximum absolute atomic E-state index is 14.3. The number of hydrogen-bond acceptors (Lipinski definition) is 12. The molecule has 2 aromatic heterocycles. The number of aliphatic imine (C=N–C) groups is 1. The van der Waals surface area contributed by atoms with Crippen LogP contribution in [0.15, 0.2) is 53.8 Å². The van der Waals surface area contributed by atoms with E-state index in [0.29, 0.717) is 70.4 Å². The van der Waals surface area contributed by atoms with Crippen molar-refractivity contribution in [2.75, 3.05) is 40.6 Å². The second kappa shape index (κ2) is 16.6. The number of ether oxygens (including phenoxy) is 4. The van der Waals surface area contributed by atoms with Crippen LogP contribution in [0.4, 0.5) is 15.3 Å². The maximum Gasteiger partial charge on any atom is 0.407 e. The summed E-state index contributed by atoms with van der Waals surface area (Å²) >= 11 is 0. The van der Waals surface area contributed by atoms with Gasteiger partial charge in [-0.25, -0.2) is 19.6 Å². The molecule has 334 valence electrons. The van der Waals surface area contributed by atoms with E-state index >= 15 is 0 Å². The Balaban J connectivity index is 0.780. The van der Waals surface area contributed by atoms with E-state index in [9.17, 15) is 19.2 Å². The van der Waals surface area contributed by atoms with Gasteiger partial charge in [0.25, 0.3) is 0 Å². The number of rotatable bonds is 10. The van der Waals surface area contributed by atoms with Crippen LogP contribution in [-0.4, -0.2) is 130 Å². The van der Waals surface area contributed by atoms with Gasteiger partial charge in [-0.1, -0.05) is 12.1 Å². The van der Waals surface area contributed by atoms with Gasteiger partial charge in [0.15, 0.2) is 0 Å². The lowest BCUT2D eigenvalue weighted by atomic mass is 9.90. The van der Waals surface area contributed by atoms with Crippen molar-refractivity contribution in [3.63, 3.8) is 0 Å². The molecule has 8 atom stereocenters. The molecule has 4 aromatic rings. The molecule has 7 aliphatic rings. The summed E-state index contributed by atoms with van der Waals surface area (Å²) in [5.74, 6) is 1.39. The molecule has 0 bridgehead atoms. The molecule has 4 amide bonds. The maximum atomic E-state index is 14.3. The number of methoxy groups -OCH3 is 2. The van der Waals surface area contributed by atoms with E-state index in [0.717, 1.165) is 82.0 Å². The van der Waals surface area contributed by atoms with Crippen LogP contribution >= 0.6 is 0 Å². The van der Waals surface area contributed by atoms with Crippen molar-refractivity contribution < 1.29 is 38.1 Å². The number of alkyl carbamates (subject to hydrolysis) is 2. The van der Waals surface area contributed by atoms with E-state index in [2.05, 4.69) is 21.7 Å². The van der Waals surface area contributed by atoms with Crippen molar-refractivity contribution in [3.05, 3.63) is 60.2 Å². The van der Waals surface area contributed by atoms with Crippen LogP contribution in [0.3, 0.4) is 0 Å². The van der Waals surface area contributed by atoms with Crippen molar-refractivity contribution in [2.45, 2.75) is 94.0 Å². The molecule has 17 nitrogen and oxygen atoms in total. The average Bonchev–Trinajstić information content (AvgIpc) is 3.95. The van der Waals surface area contributed by atoms with Crippen LogP contribution in [-0.2, 0) is 35.0 Å². The smallest absolute Gasteiger partial charge is 0.407 e. The first-order chi connectivity index (χ1) is 31.2. The Morgan fingerprint density at radius 2 is 1.33 bits per heavy atom. The third-order valence-corrected chi connectivity index (χ3v) is 14.8. The van der Waals surface area contributed by atoms with E-state index in [1.165, 1.54) is 14.2 Å². The third-order valence-electron chi connectivity index (χ3n) is 14.8. The Morgan fingerprint density at radius 3 is 1.97 bits per heavy atom. The van der Waals surface area contributed by atoms with Gasteiger partial charge in [-0.15, -0.1) is 0 Å². The van der Waals surface area contributed by atoms with E-state index in [1.807, 2.05) is 46.3 Å². The Kier molecular flexibility index (Phi) is 10.6. The van der Waals surface area contributed by atoms with Gasteiger partial charge >= 0.3 is 12.2 Å².